The van der Waals surface area contributed by atoms with Crippen LogP contribution in [0.15, 0.2) is 4.99 Å². The third-order valence-electron chi connectivity index (χ3n) is 5.25. The van der Waals surface area contributed by atoms with E-state index >= 15 is 0 Å². The van der Waals surface area contributed by atoms with Crippen LogP contribution in [0.5, 0.6) is 0 Å². The minimum atomic E-state index is 0. The molecule has 0 radical (unpaired) electrons. The lowest BCUT2D eigenvalue weighted by Crippen LogP contribution is -2.45. The number of guanidine groups is 1. The number of halogens is 1. The summed E-state index contributed by atoms with van der Waals surface area (Å²) in [5.74, 6) is 0.946. The van der Waals surface area contributed by atoms with Gasteiger partial charge < -0.3 is 16.0 Å². The van der Waals surface area contributed by atoms with Gasteiger partial charge in [0.15, 0.2) is 5.96 Å². The number of hydrogen-bond acceptors (Lipinski definition) is 3. The highest BCUT2D eigenvalue weighted by atomic mass is 127. The molecule has 2 rings (SSSR count). The van der Waals surface area contributed by atoms with Crippen molar-refractivity contribution < 1.29 is 4.79 Å². The van der Waals surface area contributed by atoms with Gasteiger partial charge in [0.25, 0.3) is 0 Å². The fourth-order valence-corrected chi connectivity index (χ4v) is 3.82. The molecule has 2 fully saturated rings. The van der Waals surface area contributed by atoms with E-state index in [9.17, 15) is 4.79 Å². The molecule has 7 heteroatoms. The van der Waals surface area contributed by atoms with Crippen LogP contribution >= 0.6 is 24.0 Å². The quantitative estimate of drug-likeness (QED) is 0.306. The van der Waals surface area contributed by atoms with E-state index < -0.39 is 0 Å². The van der Waals surface area contributed by atoms with Gasteiger partial charge in [-0.3, -0.25) is 14.7 Å². The first kappa shape index (κ1) is 22.5. The Bertz CT molecular complexity index is 412. The predicted octanol–water partition coefficient (Wildman–Crippen LogP) is 2.09. The second kappa shape index (κ2) is 12.7. The molecule has 1 aliphatic carbocycles. The molecule has 0 spiro atoms. The third-order valence-corrected chi connectivity index (χ3v) is 5.25. The fourth-order valence-electron chi connectivity index (χ4n) is 3.82. The first-order valence-electron chi connectivity index (χ1n) is 9.71. The second-order valence-electron chi connectivity index (χ2n) is 6.96. The average molecular weight is 465 g/mol. The maximum absolute atomic E-state index is 12.0. The number of nitrogens with zero attached hydrogens (tertiary/aromatic N) is 2. The summed E-state index contributed by atoms with van der Waals surface area (Å²) in [6, 6.07) is 0.995. The van der Waals surface area contributed by atoms with E-state index in [-0.39, 0.29) is 29.9 Å². The Morgan fingerprint density at radius 1 is 1.12 bits per heavy atom. The summed E-state index contributed by atoms with van der Waals surface area (Å²) < 4.78 is 0. The van der Waals surface area contributed by atoms with Gasteiger partial charge in [-0.15, -0.1) is 24.0 Å². The van der Waals surface area contributed by atoms with Crippen molar-refractivity contribution in [3.05, 3.63) is 0 Å². The summed E-state index contributed by atoms with van der Waals surface area (Å²) in [6.07, 6.45) is 9.12. The first-order chi connectivity index (χ1) is 11.7. The van der Waals surface area contributed by atoms with Crippen LogP contribution in [0.4, 0.5) is 0 Å². The molecule has 6 nitrogen and oxygen atoms in total. The molecule has 1 saturated carbocycles. The van der Waals surface area contributed by atoms with Gasteiger partial charge in [-0.2, -0.15) is 0 Å². The highest BCUT2D eigenvalue weighted by Gasteiger charge is 2.22. The third kappa shape index (κ3) is 8.11. The number of rotatable bonds is 7. The molecule has 0 aromatic rings. The molecule has 1 saturated heterocycles. The maximum Gasteiger partial charge on any atom is 0.221 e. The number of likely N-dealkylation sites (N-methyl/N-ethyl adjacent to an activating group) is 1. The number of aliphatic imine (C=N–C) groups is 1. The van der Waals surface area contributed by atoms with Crippen molar-refractivity contribution in [2.45, 2.75) is 70.4 Å². The van der Waals surface area contributed by atoms with Crippen molar-refractivity contribution in [3.63, 3.8) is 0 Å². The molecule has 3 N–H and O–H groups in total. The standard InChI is InChI=1S/C18H35N5O.HI/c1-3-23-13-7-10-16(23)14-21-18(19-2)20-12-11-17(24)22-15-8-5-4-6-9-15;/h15-16H,3-14H2,1-2H3,(H,22,24)(H2,19,20,21);1H. The maximum atomic E-state index is 12.0. The van der Waals surface area contributed by atoms with Crippen molar-refractivity contribution in [1.82, 2.24) is 20.9 Å². The van der Waals surface area contributed by atoms with Gasteiger partial charge in [-0.1, -0.05) is 26.2 Å². The Morgan fingerprint density at radius 3 is 2.56 bits per heavy atom. The van der Waals surface area contributed by atoms with Crippen molar-refractivity contribution in [1.29, 1.82) is 0 Å². The molecule has 1 aliphatic heterocycles. The van der Waals surface area contributed by atoms with Crippen molar-refractivity contribution in [3.8, 4) is 0 Å². The predicted molar refractivity (Wildman–Crippen MR) is 115 cm³/mol. The number of hydrogen-bond donors (Lipinski definition) is 3. The van der Waals surface area contributed by atoms with E-state index in [4.69, 9.17) is 0 Å². The zero-order chi connectivity index (χ0) is 17.2. The van der Waals surface area contributed by atoms with Crippen molar-refractivity contribution >= 4 is 35.8 Å². The van der Waals surface area contributed by atoms with E-state index in [1.165, 1.54) is 38.6 Å². The van der Waals surface area contributed by atoms with E-state index in [2.05, 4.69) is 32.8 Å². The number of likely N-dealkylation sites (tertiary alicyclic amines) is 1. The van der Waals surface area contributed by atoms with Gasteiger partial charge in [-0.05, 0) is 38.8 Å². The van der Waals surface area contributed by atoms with Crippen LogP contribution in [0.1, 0.15) is 58.3 Å². The fraction of sp³-hybridized carbons (Fsp3) is 0.889. The largest absolute Gasteiger partial charge is 0.356 e. The molecule has 0 aromatic carbocycles. The van der Waals surface area contributed by atoms with E-state index in [0.29, 0.717) is 25.0 Å². The Labute approximate surface area is 170 Å². The number of amides is 1. The van der Waals surface area contributed by atoms with Crippen LogP contribution in [0.25, 0.3) is 0 Å². The second-order valence-corrected chi connectivity index (χ2v) is 6.96. The zero-order valence-electron chi connectivity index (χ0n) is 15.9. The van der Waals surface area contributed by atoms with Crippen LogP contribution in [-0.2, 0) is 4.79 Å². The van der Waals surface area contributed by atoms with Crippen LogP contribution in [0.3, 0.4) is 0 Å². The molecule has 1 amide bonds. The average Bonchev–Trinajstić information content (AvgIpc) is 3.06. The van der Waals surface area contributed by atoms with Gasteiger partial charge in [0, 0.05) is 38.6 Å². The SMILES string of the molecule is CCN1CCCC1CNC(=NC)NCCC(=O)NC1CCCCC1.I. The zero-order valence-corrected chi connectivity index (χ0v) is 18.2. The smallest absolute Gasteiger partial charge is 0.221 e. The Balaban J connectivity index is 0.00000312. The van der Waals surface area contributed by atoms with Crippen LogP contribution in [-0.4, -0.2) is 62.1 Å². The first-order valence-corrected chi connectivity index (χ1v) is 9.71. The highest BCUT2D eigenvalue weighted by molar-refractivity contribution is 14.0. The lowest BCUT2D eigenvalue weighted by molar-refractivity contribution is -0.121. The topological polar surface area (TPSA) is 68.8 Å². The number of carbonyl (C=O) groups excluding carboxylic acids is 1. The van der Waals surface area contributed by atoms with Crippen LogP contribution in [0, 0.1) is 0 Å². The van der Waals surface area contributed by atoms with Gasteiger partial charge in [-0.25, -0.2) is 0 Å². The van der Waals surface area contributed by atoms with Crippen LogP contribution < -0.4 is 16.0 Å². The Hall–Kier alpha value is -0.570. The molecule has 0 bridgehead atoms. The lowest BCUT2D eigenvalue weighted by atomic mass is 9.95. The van der Waals surface area contributed by atoms with Crippen molar-refractivity contribution in [2.24, 2.45) is 4.99 Å². The minimum Gasteiger partial charge on any atom is -0.356 e. The molecule has 1 atom stereocenters. The van der Waals surface area contributed by atoms with E-state index in [1.807, 2.05) is 0 Å². The number of nitrogens with one attached hydrogen (secondary N) is 3. The molecule has 0 aromatic heterocycles. The highest BCUT2D eigenvalue weighted by Crippen LogP contribution is 2.17. The molecule has 1 heterocycles. The molecule has 2 aliphatic rings. The van der Waals surface area contributed by atoms with E-state index in [0.717, 1.165) is 31.9 Å². The molecule has 146 valence electrons. The van der Waals surface area contributed by atoms with Gasteiger partial charge in [0.1, 0.15) is 0 Å². The minimum absolute atomic E-state index is 0. The molecular formula is C18H36IN5O. The Morgan fingerprint density at radius 2 is 1.88 bits per heavy atom. The monoisotopic (exact) mass is 465 g/mol. The summed E-state index contributed by atoms with van der Waals surface area (Å²) in [6.45, 7) is 6.08. The number of carbonyl (C=O) groups is 1. The molecular weight excluding hydrogens is 429 g/mol. The van der Waals surface area contributed by atoms with Gasteiger partial charge in [0.05, 0.1) is 0 Å². The lowest BCUT2D eigenvalue weighted by Gasteiger charge is -2.24. The summed E-state index contributed by atoms with van der Waals surface area (Å²) in [7, 11) is 1.78. The summed E-state index contributed by atoms with van der Waals surface area (Å²) in [5, 5.41) is 9.81. The van der Waals surface area contributed by atoms with Crippen molar-refractivity contribution in [2.75, 3.05) is 33.2 Å². The van der Waals surface area contributed by atoms with Gasteiger partial charge >= 0.3 is 0 Å². The normalized spacial score (nSPS) is 22.3. The van der Waals surface area contributed by atoms with Crippen LogP contribution in [0.2, 0.25) is 0 Å². The summed E-state index contributed by atoms with van der Waals surface area (Å²) >= 11 is 0. The van der Waals surface area contributed by atoms with Gasteiger partial charge in [0.2, 0.25) is 5.91 Å². The molecule has 25 heavy (non-hydrogen) atoms. The summed E-state index contributed by atoms with van der Waals surface area (Å²) in [5.41, 5.74) is 0. The van der Waals surface area contributed by atoms with E-state index in [1.54, 1.807) is 7.05 Å². The molecule has 1 unspecified atom stereocenters. The Kier molecular flexibility index (Phi) is 11.4. The summed E-state index contributed by atoms with van der Waals surface area (Å²) in [4.78, 5) is 18.8.